The van der Waals surface area contributed by atoms with Crippen LogP contribution in [0.25, 0.3) is 11.1 Å². The molecule has 0 spiro atoms. The highest BCUT2D eigenvalue weighted by molar-refractivity contribution is 6.04. The largest absolute Gasteiger partial charge is 0.508 e. The third kappa shape index (κ3) is 2.38. The van der Waals surface area contributed by atoms with Gasteiger partial charge in [0.1, 0.15) is 17.6 Å². The molecule has 0 aliphatic heterocycles. The number of phenolic OH excluding ortho intramolecular Hbond substituents is 2. The molecule has 122 valence electrons. The molecule has 3 aromatic rings. The van der Waals surface area contributed by atoms with Crippen molar-refractivity contribution in [2.45, 2.75) is 13.3 Å². The van der Waals surface area contributed by atoms with Gasteiger partial charge in [0.15, 0.2) is 5.76 Å². The predicted molar refractivity (Wildman–Crippen MR) is 94.0 cm³/mol. The molecule has 1 aliphatic carbocycles. The number of aryl methyl sites for hydroxylation is 1. The molecule has 0 fully saturated rings. The summed E-state index contributed by atoms with van der Waals surface area (Å²) in [4.78, 5) is 0. The number of furan rings is 1. The van der Waals surface area contributed by atoms with Crippen LogP contribution in [0.5, 0.6) is 11.5 Å². The first-order valence-corrected chi connectivity index (χ1v) is 7.92. The van der Waals surface area contributed by atoms with Gasteiger partial charge in [0.25, 0.3) is 0 Å². The van der Waals surface area contributed by atoms with E-state index in [2.05, 4.69) is 6.07 Å². The number of benzene rings is 2. The molecule has 1 heterocycles. The van der Waals surface area contributed by atoms with Crippen molar-refractivity contribution in [3.63, 3.8) is 0 Å². The van der Waals surface area contributed by atoms with E-state index in [-0.39, 0.29) is 11.5 Å². The highest BCUT2D eigenvalue weighted by atomic mass is 16.3. The van der Waals surface area contributed by atoms with Crippen LogP contribution in [-0.2, 0) is 6.42 Å². The SMILES string of the molecule is Cc1cc(O)cc2c1CC(c1ccc(O)cc1)=C2c1occc1C#N. The van der Waals surface area contributed by atoms with Crippen LogP contribution in [0.2, 0.25) is 0 Å². The number of hydrogen-bond donors (Lipinski definition) is 2. The van der Waals surface area contributed by atoms with Gasteiger partial charge in [-0.2, -0.15) is 5.26 Å². The molecule has 0 unspecified atom stereocenters. The van der Waals surface area contributed by atoms with Crippen molar-refractivity contribution in [3.8, 4) is 17.6 Å². The average Bonchev–Trinajstić information content (AvgIpc) is 3.19. The van der Waals surface area contributed by atoms with Gasteiger partial charge in [0.05, 0.1) is 11.8 Å². The number of aromatic hydroxyl groups is 2. The smallest absolute Gasteiger partial charge is 0.152 e. The lowest BCUT2D eigenvalue weighted by Crippen LogP contribution is -1.91. The lowest BCUT2D eigenvalue weighted by atomic mass is 9.96. The third-order valence-electron chi connectivity index (χ3n) is 4.61. The van der Waals surface area contributed by atoms with Gasteiger partial charge in [0.2, 0.25) is 0 Å². The van der Waals surface area contributed by atoms with Crippen molar-refractivity contribution in [2.75, 3.05) is 0 Å². The second kappa shape index (κ2) is 5.57. The number of rotatable bonds is 2. The summed E-state index contributed by atoms with van der Waals surface area (Å²) in [6.07, 6.45) is 2.18. The first-order chi connectivity index (χ1) is 12.1. The number of nitriles is 1. The topological polar surface area (TPSA) is 77.4 Å². The van der Waals surface area contributed by atoms with Crippen molar-refractivity contribution in [1.29, 1.82) is 5.26 Å². The minimum absolute atomic E-state index is 0.186. The van der Waals surface area contributed by atoms with Crippen LogP contribution >= 0.6 is 0 Å². The van der Waals surface area contributed by atoms with Crippen LogP contribution in [-0.4, -0.2) is 10.2 Å². The van der Waals surface area contributed by atoms with Crippen LogP contribution in [0.15, 0.2) is 53.1 Å². The first kappa shape index (κ1) is 15.1. The third-order valence-corrected chi connectivity index (χ3v) is 4.61. The molecule has 4 heteroatoms. The summed E-state index contributed by atoms with van der Waals surface area (Å²) >= 11 is 0. The molecule has 1 aromatic heterocycles. The monoisotopic (exact) mass is 329 g/mol. The summed E-state index contributed by atoms with van der Waals surface area (Å²) in [5, 5.41) is 29.0. The van der Waals surface area contributed by atoms with E-state index in [1.165, 1.54) is 6.26 Å². The number of phenols is 2. The van der Waals surface area contributed by atoms with E-state index < -0.39 is 0 Å². The van der Waals surface area contributed by atoms with E-state index in [0.29, 0.717) is 17.7 Å². The zero-order valence-corrected chi connectivity index (χ0v) is 13.6. The molecule has 2 N–H and O–H groups in total. The van der Waals surface area contributed by atoms with Crippen LogP contribution in [0, 0.1) is 18.3 Å². The van der Waals surface area contributed by atoms with Crippen molar-refractivity contribution < 1.29 is 14.6 Å². The zero-order chi connectivity index (χ0) is 17.6. The summed E-state index contributed by atoms with van der Waals surface area (Å²) in [7, 11) is 0. The molecule has 0 bridgehead atoms. The Labute approximate surface area is 144 Å². The number of nitrogens with zero attached hydrogens (tertiary/aromatic N) is 1. The van der Waals surface area contributed by atoms with Crippen molar-refractivity contribution >= 4 is 11.1 Å². The fourth-order valence-electron chi connectivity index (χ4n) is 3.44. The minimum Gasteiger partial charge on any atom is -0.508 e. The van der Waals surface area contributed by atoms with Crippen molar-refractivity contribution in [2.24, 2.45) is 0 Å². The van der Waals surface area contributed by atoms with Crippen LogP contribution in [0.1, 0.15) is 33.6 Å². The molecule has 0 amide bonds. The number of fused-ring (bicyclic) bond motifs is 1. The molecule has 0 radical (unpaired) electrons. The molecule has 1 aliphatic rings. The predicted octanol–water partition coefficient (Wildman–Crippen LogP) is 4.39. The van der Waals surface area contributed by atoms with Crippen LogP contribution < -0.4 is 0 Å². The van der Waals surface area contributed by atoms with Gasteiger partial charge in [-0.3, -0.25) is 0 Å². The lowest BCUT2D eigenvalue weighted by molar-refractivity contribution is 0.474. The Morgan fingerprint density at radius 3 is 2.52 bits per heavy atom. The molecule has 0 atom stereocenters. The maximum Gasteiger partial charge on any atom is 0.152 e. The van der Waals surface area contributed by atoms with Gasteiger partial charge in [-0.05, 0) is 71.5 Å². The van der Waals surface area contributed by atoms with Crippen molar-refractivity contribution in [3.05, 3.63) is 82.3 Å². The quantitative estimate of drug-likeness (QED) is 0.731. The van der Waals surface area contributed by atoms with Gasteiger partial charge < -0.3 is 14.6 Å². The number of allylic oxidation sites excluding steroid dienone is 1. The van der Waals surface area contributed by atoms with Gasteiger partial charge in [0, 0.05) is 5.57 Å². The van der Waals surface area contributed by atoms with E-state index in [9.17, 15) is 15.5 Å². The molecule has 0 saturated carbocycles. The van der Waals surface area contributed by atoms with E-state index in [1.54, 1.807) is 30.3 Å². The summed E-state index contributed by atoms with van der Waals surface area (Å²) in [5.41, 5.74) is 6.22. The Morgan fingerprint density at radius 1 is 1.04 bits per heavy atom. The molecular formula is C21H15NO3. The normalized spacial score (nSPS) is 13.0. The first-order valence-electron chi connectivity index (χ1n) is 7.92. The summed E-state index contributed by atoms with van der Waals surface area (Å²) in [6, 6.07) is 14.2. The highest BCUT2D eigenvalue weighted by Crippen LogP contribution is 2.45. The minimum atomic E-state index is 0.186. The molecule has 4 rings (SSSR count). The fraction of sp³-hybridized carbons (Fsp3) is 0.0952. The van der Waals surface area contributed by atoms with Gasteiger partial charge in [-0.1, -0.05) is 12.1 Å². The number of hydrogen-bond acceptors (Lipinski definition) is 4. The maximum atomic E-state index is 10.1. The molecule has 4 nitrogen and oxygen atoms in total. The Morgan fingerprint density at radius 2 is 1.80 bits per heavy atom. The molecule has 0 saturated heterocycles. The van der Waals surface area contributed by atoms with Gasteiger partial charge >= 0.3 is 0 Å². The Bertz CT molecular complexity index is 1050. The Hall–Kier alpha value is -3.45. The summed E-state index contributed by atoms with van der Waals surface area (Å²) < 4.78 is 5.64. The summed E-state index contributed by atoms with van der Waals surface area (Å²) in [6.45, 7) is 1.96. The Balaban J connectivity index is 2.02. The fourth-order valence-corrected chi connectivity index (χ4v) is 3.44. The molecular weight excluding hydrogens is 314 g/mol. The van der Waals surface area contributed by atoms with Gasteiger partial charge in [-0.15, -0.1) is 0 Å². The highest BCUT2D eigenvalue weighted by Gasteiger charge is 2.29. The Kier molecular flexibility index (Phi) is 3.36. The van der Waals surface area contributed by atoms with Crippen molar-refractivity contribution in [1.82, 2.24) is 0 Å². The van der Waals surface area contributed by atoms with Crippen LogP contribution in [0.3, 0.4) is 0 Å². The molecule has 2 aromatic carbocycles. The second-order valence-corrected chi connectivity index (χ2v) is 6.14. The van der Waals surface area contributed by atoms with E-state index in [4.69, 9.17) is 4.42 Å². The maximum absolute atomic E-state index is 10.1. The van der Waals surface area contributed by atoms with E-state index in [0.717, 1.165) is 33.4 Å². The van der Waals surface area contributed by atoms with E-state index >= 15 is 0 Å². The zero-order valence-electron chi connectivity index (χ0n) is 13.6. The molecule has 25 heavy (non-hydrogen) atoms. The average molecular weight is 329 g/mol. The van der Waals surface area contributed by atoms with Crippen LogP contribution in [0.4, 0.5) is 0 Å². The van der Waals surface area contributed by atoms with Gasteiger partial charge in [-0.25, -0.2) is 0 Å². The second-order valence-electron chi connectivity index (χ2n) is 6.14. The lowest BCUT2D eigenvalue weighted by Gasteiger charge is -2.08. The summed E-state index contributed by atoms with van der Waals surface area (Å²) in [5.74, 6) is 0.894. The van der Waals surface area contributed by atoms with E-state index in [1.807, 2.05) is 19.1 Å². The standard InChI is InChI=1S/C21H15NO3/c1-12-8-16(24)9-19-17(12)10-18(13-2-4-15(23)5-3-13)20(19)21-14(11-22)6-7-25-21/h2-9,23-24H,10H2,1H3.